The van der Waals surface area contributed by atoms with E-state index in [4.69, 9.17) is 4.42 Å². The number of furan rings is 1. The van der Waals surface area contributed by atoms with E-state index in [1.807, 2.05) is 12.1 Å². The molecule has 0 saturated heterocycles. The van der Waals surface area contributed by atoms with Gasteiger partial charge in [-0.2, -0.15) is 0 Å². The summed E-state index contributed by atoms with van der Waals surface area (Å²) in [6, 6.07) is 3.95. The molecule has 0 spiro atoms. The Kier molecular flexibility index (Phi) is 4.02. The zero-order valence-electron chi connectivity index (χ0n) is 8.58. The zero-order valence-corrected chi connectivity index (χ0v) is 9.40. The molecule has 0 unspecified atom stereocenters. The van der Waals surface area contributed by atoms with Crippen molar-refractivity contribution < 1.29 is 4.42 Å². The topological polar surface area (TPSA) is 25.2 Å². The Bertz CT molecular complexity index is 254. The summed E-state index contributed by atoms with van der Waals surface area (Å²) in [5.41, 5.74) is 0.632. The molecule has 2 rings (SSSR count). The van der Waals surface area contributed by atoms with E-state index in [1.54, 1.807) is 6.26 Å². The van der Waals surface area contributed by atoms with Gasteiger partial charge in [0, 0.05) is 6.54 Å². The lowest BCUT2D eigenvalue weighted by molar-refractivity contribution is 0.417. The maximum atomic E-state index is 5.24. The zero-order chi connectivity index (χ0) is 9.15. The van der Waals surface area contributed by atoms with Crippen molar-refractivity contribution in [1.29, 1.82) is 0 Å². The summed E-state index contributed by atoms with van der Waals surface area (Å²) in [5.74, 6) is 1.03. The van der Waals surface area contributed by atoms with Crippen LogP contribution in [0, 0.1) is 5.41 Å². The van der Waals surface area contributed by atoms with Crippen LogP contribution in [-0.2, 0) is 6.54 Å². The highest BCUT2D eigenvalue weighted by atomic mass is 35.5. The highest BCUT2D eigenvalue weighted by Crippen LogP contribution is 2.47. The van der Waals surface area contributed by atoms with E-state index < -0.39 is 0 Å². The van der Waals surface area contributed by atoms with E-state index in [-0.39, 0.29) is 12.4 Å². The quantitative estimate of drug-likeness (QED) is 0.817. The molecule has 1 fully saturated rings. The number of hydrogen-bond donors (Lipinski definition) is 1. The van der Waals surface area contributed by atoms with Gasteiger partial charge in [-0.15, -0.1) is 12.4 Å². The Labute approximate surface area is 91.5 Å². The average molecular weight is 216 g/mol. The van der Waals surface area contributed by atoms with E-state index in [2.05, 4.69) is 12.2 Å². The molecule has 1 aliphatic carbocycles. The maximum Gasteiger partial charge on any atom is 0.117 e. The number of nitrogens with one attached hydrogen (secondary N) is 1. The van der Waals surface area contributed by atoms with Crippen molar-refractivity contribution >= 4 is 12.4 Å². The SMILES string of the molecule is CCC1(CNCc2ccco2)CC1.Cl. The summed E-state index contributed by atoms with van der Waals surface area (Å²) < 4.78 is 5.24. The van der Waals surface area contributed by atoms with Gasteiger partial charge in [0.1, 0.15) is 5.76 Å². The number of halogens is 1. The second-order valence-electron chi connectivity index (χ2n) is 4.04. The minimum absolute atomic E-state index is 0. The third-order valence-corrected chi connectivity index (χ3v) is 3.09. The largest absolute Gasteiger partial charge is 0.468 e. The monoisotopic (exact) mass is 215 g/mol. The molecule has 3 heteroatoms. The molecule has 0 aromatic carbocycles. The predicted molar refractivity (Wildman–Crippen MR) is 59.6 cm³/mol. The fraction of sp³-hybridized carbons (Fsp3) is 0.636. The lowest BCUT2D eigenvalue weighted by Crippen LogP contribution is -2.22. The maximum absolute atomic E-state index is 5.24. The van der Waals surface area contributed by atoms with Crippen LogP contribution in [0.15, 0.2) is 22.8 Å². The van der Waals surface area contributed by atoms with Crippen LogP contribution in [0.3, 0.4) is 0 Å². The van der Waals surface area contributed by atoms with Gasteiger partial charge in [-0.3, -0.25) is 0 Å². The van der Waals surface area contributed by atoms with Crippen LogP contribution in [0.2, 0.25) is 0 Å². The molecular weight excluding hydrogens is 198 g/mol. The van der Waals surface area contributed by atoms with Gasteiger partial charge >= 0.3 is 0 Å². The third-order valence-electron chi connectivity index (χ3n) is 3.09. The summed E-state index contributed by atoms with van der Waals surface area (Å²) in [6.45, 7) is 4.29. The molecule has 1 aliphatic rings. The second kappa shape index (κ2) is 4.85. The first-order valence-corrected chi connectivity index (χ1v) is 5.08. The Hall–Kier alpha value is -0.470. The average Bonchev–Trinajstić information content (AvgIpc) is 2.74. The Morgan fingerprint density at radius 1 is 1.50 bits per heavy atom. The van der Waals surface area contributed by atoms with Crippen LogP contribution in [0.25, 0.3) is 0 Å². The van der Waals surface area contributed by atoms with E-state index >= 15 is 0 Å². The highest BCUT2D eigenvalue weighted by Gasteiger charge is 2.39. The van der Waals surface area contributed by atoms with Crippen molar-refractivity contribution in [1.82, 2.24) is 5.32 Å². The van der Waals surface area contributed by atoms with Crippen molar-refractivity contribution in [2.45, 2.75) is 32.7 Å². The standard InChI is InChI=1S/C11H17NO.ClH/c1-2-11(5-6-11)9-12-8-10-4-3-7-13-10;/h3-4,7,12H,2,5-6,8-9H2,1H3;1H. The summed E-state index contributed by atoms with van der Waals surface area (Å²) in [5, 5.41) is 3.45. The minimum atomic E-state index is 0. The van der Waals surface area contributed by atoms with Crippen molar-refractivity contribution in [2.24, 2.45) is 5.41 Å². The number of hydrogen-bond acceptors (Lipinski definition) is 2. The molecule has 2 nitrogen and oxygen atoms in total. The van der Waals surface area contributed by atoms with E-state index in [0.29, 0.717) is 5.41 Å². The van der Waals surface area contributed by atoms with Gasteiger partial charge in [0.2, 0.25) is 0 Å². The van der Waals surface area contributed by atoms with Crippen molar-refractivity contribution in [3.8, 4) is 0 Å². The summed E-state index contributed by atoms with van der Waals surface area (Å²) >= 11 is 0. The highest BCUT2D eigenvalue weighted by molar-refractivity contribution is 5.85. The molecule has 0 atom stereocenters. The van der Waals surface area contributed by atoms with Gasteiger partial charge in [-0.25, -0.2) is 0 Å². The van der Waals surface area contributed by atoms with Crippen molar-refractivity contribution in [3.63, 3.8) is 0 Å². The first kappa shape index (κ1) is 11.6. The van der Waals surface area contributed by atoms with E-state index in [9.17, 15) is 0 Å². The van der Waals surface area contributed by atoms with Crippen LogP contribution in [0.4, 0.5) is 0 Å². The van der Waals surface area contributed by atoms with Gasteiger partial charge in [-0.1, -0.05) is 6.92 Å². The molecule has 0 aliphatic heterocycles. The van der Waals surface area contributed by atoms with Gasteiger partial charge < -0.3 is 9.73 Å². The Morgan fingerprint density at radius 3 is 2.79 bits per heavy atom. The Balaban J connectivity index is 0.000000980. The summed E-state index contributed by atoms with van der Waals surface area (Å²) in [6.07, 6.45) is 5.82. The van der Waals surface area contributed by atoms with E-state index in [1.165, 1.54) is 19.3 Å². The smallest absolute Gasteiger partial charge is 0.117 e. The van der Waals surface area contributed by atoms with Crippen LogP contribution < -0.4 is 5.32 Å². The van der Waals surface area contributed by atoms with E-state index in [0.717, 1.165) is 18.8 Å². The van der Waals surface area contributed by atoms with Gasteiger partial charge in [0.15, 0.2) is 0 Å². The van der Waals surface area contributed by atoms with Gasteiger partial charge in [0.05, 0.1) is 12.8 Å². The molecule has 14 heavy (non-hydrogen) atoms. The summed E-state index contributed by atoms with van der Waals surface area (Å²) in [7, 11) is 0. The van der Waals surface area contributed by atoms with Crippen LogP contribution in [0.1, 0.15) is 31.9 Å². The predicted octanol–water partition coefficient (Wildman–Crippen LogP) is 2.98. The van der Waals surface area contributed by atoms with Crippen LogP contribution in [-0.4, -0.2) is 6.54 Å². The first-order chi connectivity index (χ1) is 6.35. The first-order valence-electron chi connectivity index (χ1n) is 5.08. The van der Waals surface area contributed by atoms with Gasteiger partial charge in [-0.05, 0) is 36.8 Å². The normalized spacial score (nSPS) is 17.5. The summed E-state index contributed by atoms with van der Waals surface area (Å²) in [4.78, 5) is 0. The van der Waals surface area contributed by atoms with Gasteiger partial charge in [0.25, 0.3) is 0 Å². The number of rotatable bonds is 5. The Morgan fingerprint density at radius 2 is 2.29 bits per heavy atom. The van der Waals surface area contributed by atoms with Crippen LogP contribution >= 0.6 is 12.4 Å². The fourth-order valence-electron chi connectivity index (χ4n) is 1.70. The van der Waals surface area contributed by atoms with Crippen LogP contribution in [0.5, 0.6) is 0 Å². The third kappa shape index (κ3) is 2.76. The molecule has 0 amide bonds. The molecule has 1 aromatic rings. The van der Waals surface area contributed by atoms with Crippen molar-refractivity contribution in [2.75, 3.05) is 6.54 Å². The lowest BCUT2D eigenvalue weighted by atomic mass is 10.0. The second-order valence-corrected chi connectivity index (χ2v) is 4.04. The molecule has 1 aromatic heterocycles. The molecule has 80 valence electrons. The fourth-order valence-corrected chi connectivity index (χ4v) is 1.70. The lowest BCUT2D eigenvalue weighted by Gasteiger charge is -2.12. The molecule has 0 bridgehead atoms. The molecule has 1 N–H and O–H groups in total. The molecule has 0 radical (unpaired) electrons. The molecule has 1 saturated carbocycles. The molecule has 1 heterocycles. The van der Waals surface area contributed by atoms with Crippen molar-refractivity contribution in [3.05, 3.63) is 24.2 Å². The minimum Gasteiger partial charge on any atom is -0.468 e. The molecular formula is C11H18ClNO.